The molecule has 0 unspecified atom stereocenters. The number of para-hydroxylation sites is 4. The van der Waals surface area contributed by atoms with Crippen molar-refractivity contribution >= 4 is 129 Å². The van der Waals surface area contributed by atoms with Crippen molar-refractivity contribution in [3.8, 4) is 55.9 Å². The lowest BCUT2D eigenvalue weighted by Crippen LogP contribution is -1.93. The fraction of sp³-hybridized carbons (Fsp3) is 0. The van der Waals surface area contributed by atoms with E-state index in [1.54, 1.807) is 0 Å². The van der Waals surface area contributed by atoms with Gasteiger partial charge in [-0.1, -0.05) is 188 Å². The van der Waals surface area contributed by atoms with Crippen molar-refractivity contribution in [2.75, 3.05) is 0 Å². The summed E-state index contributed by atoms with van der Waals surface area (Å²) in [6.45, 7) is 0. The summed E-state index contributed by atoms with van der Waals surface area (Å²) < 4.78 is 23.1. The second kappa shape index (κ2) is 18.7. The van der Waals surface area contributed by atoms with Crippen molar-refractivity contribution in [2.45, 2.75) is 0 Å². The molecule has 384 valence electrons. The van der Waals surface area contributed by atoms with Crippen LogP contribution >= 0.6 is 22.7 Å². The number of nitrogens with zero attached hydrogens (tertiary/aromatic N) is 2. The van der Waals surface area contributed by atoms with E-state index in [9.17, 15) is 0 Å². The summed E-state index contributed by atoms with van der Waals surface area (Å²) >= 11 is 3.75. The zero-order valence-electron chi connectivity index (χ0n) is 44.1. The molecule has 82 heavy (non-hydrogen) atoms. The van der Waals surface area contributed by atoms with E-state index in [4.69, 9.17) is 8.83 Å². The average molecular weight is 1080 g/mol. The highest BCUT2D eigenvalue weighted by Crippen LogP contribution is 2.48. The van der Waals surface area contributed by atoms with E-state index in [-0.39, 0.29) is 0 Å². The van der Waals surface area contributed by atoms with E-state index >= 15 is 0 Å². The van der Waals surface area contributed by atoms with Gasteiger partial charge in [-0.05, 0) is 130 Å². The molecule has 6 heterocycles. The highest BCUT2D eigenvalue weighted by atomic mass is 32.1. The van der Waals surface area contributed by atoms with Crippen LogP contribution in [-0.2, 0) is 0 Å². The molecule has 0 saturated carbocycles. The van der Waals surface area contributed by atoms with Crippen LogP contribution in [0.25, 0.3) is 162 Å². The van der Waals surface area contributed by atoms with Crippen molar-refractivity contribution in [1.82, 2.24) is 9.13 Å². The predicted octanol–water partition coefficient (Wildman–Crippen LogP) is 22.5. The topological polar surface area (TPSA) is 36.1 Å². The van der Waals surface area contributed by atoms with Gasteiger partial charge in [-0.15, -0.1) is 22.7 Å². The van der Waals surface area contributed by atoms with E-state index in [1.165, 1.54) is 84.9 Å². The Balaban J connectivity index is 0.000000130. The Kier molecular flexibility index (Phi) is 10.6. The van der Waals surface area contributed by atoms with Crippen molar-refractivity contribution < 1.29 is 8.83 Å². The molecule has 0 aliphatic carbocycles. The first kappa shape index (κ1) is 46.7. The Bertz CT molecular complexity index is 5510. The van der Waals surface area contributed by atoms with E-state index in [1.807, 2.05) is 22.7 Å². The summed E-state index contributed by atoms with van der Waals surface area (Å²) in [5.41, 5.74) is 20.4. The molecule has 0 N–H and O–H groups in total. The number of fused-ring (bicyclic) bond motifs is 16. The van der Waals surface area contributed by atoms with E-state index in [0.717, 1.165) is 77.3 Å². The quantitative estimate of drug-likeness (QED) is 0.166. The lowest BCUT2D eigenvalue weighted by atomic mass is 9.98. The third kappa shape index (κ3) is 7.29. The van der Waals surface area contributed by atoms with Crippen LogP contribution in [0.5, 0.6) is 0 Å². The van der Waals surface area contributed by atoms with E-state index < -0.39 is 0 Å². The van der Waals surface area contributed by atoms with Crippen molar-refractivity contribution in [1.29, 1.82) is 0 Å². The Hall–Kier alpha value is -10.2. The number of rotatable bonds is 6. The normalized spacial score (nSPS) is 11.9. The van der Waals surface area contributed by atoms with E-state index in [2.05, 4.69) is 288 Å². The van der Waals surface area contributed by atoms with Crippen LogP contribution in [-0.4, -0.2) is 9.13 Å². The maximum Gasteiger partial charge on any atom is 0.161 e. The largest absolute Gasteiger partial charge is 0.454 e. The van der Waals surface area contributed by atoms with Crippen LogP contribution in [0.2, 0.25) is 0 Å². The van der Waals surface area contributed by atoms with Crippen molar-refractivity contribution in [2.24, 2.45) is 0 Å². The minimum Gasteiger partial charge on any atom is -0.454 e. The van der Waals surface area contributed by atoms with Crippen molar-refractivity contribution in [3.63, 3.8) is 0 Å². The molecule has 0 aliphatic heterocycles. The molecule has 0 bridgehead atoms. The highest BCUT2D eigenvalue weighted by Gasteiger charge is 2.24. The van der Waals surface area contributed by atoms with Gasteiger partial charge in [0.2, 0.25) is 0 Å². The van der Waals surface area contributed by atoms with Crippen LogP contribution in [0.3, 0.4) is 0 Å². The minimum atomic E-state index is 0.908. The predicted molar refractivity (Wildman–Crippen MR) is 349 cm³/mol. The minimum absolute atomic E-state index is 0.908. The third-order valence-electron chi connectivity index (χ3n) is 16.4. The Morgan fingerprint density at radius 3 is 1.30 bits per heavy atom. The van der Waals surface area contributed by atoms with Gasteiger partial charge >= 0.3 is 0 Å². The zero-order valence-corrected chi connectivity index (χ0v) is 45.7. The molecule has 6 heteroatoms. The molecule has 6 aromatic heterocycles. The van der Waals surface area contributed by atoms with Crippen LogP contribution in [0.4, 0.5) is 0 Å². The fourth-order valence-electron chi connectivity index (χ4n) is 12.7. The Labute approximate surface area is 478 Å². The fourth-order valence-corrected chi connectivity index (χ4v) is 15.1. The van der Waals surface area contributed by atoms with Gasteiger partial charge in [0.05, 0.1) is 16.4 Å². The number of hydrogen-bond acceptors (Lipinski definition) is 4. The summed E-state index contributed by atoms with van der Waals surface area (Å²) in [6.07, 6.45) is 0. The number of benzene rings is 12. The molecule has 0 radical (unpaired) electrons. The van der Waals surface area contributed by atoms with Gasteiger partial charge in [0, 0.05) is 73.4 Å². The number of thiophene rings is 2. The number of aromatic nitrogens is 2. The second-order valence-electron chi connectivity index (χ2n) is 21.0. The third-order valence-corrected chi connectivity index (χ3v) is 18.9. The standard InChI is InChI=1S/2C38H23NOS/c1-3-11-24(12-4-1)25-21-22-34-31(23-25)29-18-9-17-28(38(29)41-34)27-16-10-20-33-35(27)36-37(40-33)30-15-7-8-19-32(30)39(36)26-13-5-2-6-14-26;1-3-10-24(11-4-1)25-19-21-35-31(22-25)29-16-9-15-28(38(29)41-35)26-18-20-34-32(23-26)36-37(40-34)30-14-7-8-17-33(30)39(36)27-12-5-2-6-13-27/h2*1-23H. The lowest BCUT2D eigenvalue weighted by molar-refractivity contribution is 0.672. The van der Waals surface area contributed by atoms with Gasteiger partial charge in [-0.2, -0.15) is 0 Å². The maximum absolute atomic E-state index is 6.65. The lowest BCUT2D eigenvalue weighted by Gasteiger charge is -2.10. The first-order valence-corrected chi connectivity index (χ1v) is 29.4. The van der Waals surface area contributed by atoms with Crippen LogP contribution < -0.4 is 0 Å². The first-order valence-electron chi connectivity index (χ1n) is 27.7. The van der Waals surface area contributed by atoms with Gasteiger partial charge in [-0.3, -0.25) is 0 Å². The van der Waals surface area contributed by atoms with Crippen LogP contribution in [0, 0.1) is 0 Å². The molecule has 0 saturated heterocycles. The van der Waals surface area contributed by atoms with Gasteiger partial charge in [0.1, 0.15) is 22.2 Å². The van der Waals surface area contributed by atoms with Crippen molar-refractivity contribution in [3.05, 3.63) is 279 Å². The van der Waals surface area contributed by atoms with Gasteiger partial charge in [-0.25, -0.2) is 0 Å². The molecule has 0 spiro atoms. The molecular formula is C76H46N2O2S2. The van der Waals surface area contributed by atoms with Gasteiger partial charge in [0.25, 0.3) is 0 Å². The molecule has 18 rings (SSSR count). The smallest absolute Gasteiger partial charge is 0.161 e. The SMILES string of the molecule is c1ccc(-c2ccc3sc4c(-c5ccc6oc7c8ccccc8n(-c8ccccc8)c7c6c5)cccc4c3c2)cc1.c1ccc(-c2ccc3sc4c(-c5cccc6oc7c8ccccc8n(-c8ccccc8)c7c56)cccc4c3c2)cc1. The van der Waals surface area contributed by atoms with Crippen LogP contribution in [0.15, 0.2) is 288 Å². The molecule has 0 atom stereocenters. The maximum atomic E-state index is 6.65. The summed E-state index contributed by atoms with van der Waals surface area (Å²) in [6, 6.07) is 99.7. The highest BCUT2D eigenvalue weighted by molar-refractivity contribution is 7.26. The summed E-state index contributed by atoms with van der Waals surface area (Å²) in [5, 5.41) is 9.74. The van der Waals surface area contributed by atoms with Gasteiger partial charge in [0.15, 0.2) is 11.2 Å². The molecule has 4 nitrogen and oxygen atoms in total. The first-order chi connectivity index (χ1) is 40.7. The summed E-state index contributed by atoms with van der Waals surface area (Å²) in [7, 11) is 0. The molecule has 0 aliphatic rings. The summed E-state index contributed by atoms with van der Waals surface area (Å²) in [5.74, 6) is 0. The Morgan fingerprint density at radius 2 is 0.707 bits per heavy atom. The molecule has 18 aromatic rings. The van der Waals surface area contributed by atoms with Crippen LogP contribution in [0.1, 0.15) is 0 Å². The second-order valence-corrected chi connectivity index (χ2v) is 23.2. The number of furan rings is 2. The molecule has 0 amide bonds. The van der Waals surface area contributed by atoms with Gasteiger partial charge < -0.3 is 18.0 Å². The monoisotopic (exact) mass is 1080 g/mol. The molecule has 12 aromatic carbocycles. The summed E-state index contributed by atoms with van der Waals surface area (Å²) in [4.78, 5) is 0. The van der Waals surface area contributed by atoms with E-state index in [0.29, 0.717) is 0 Å². The Morgan fingerprint density at radius 1 is 0.268 bits per heavy atom. The average Bonchev–Trinajstić information content (AvgIpc) is 4.58. The zero-order chi connectivity index (χ0) is 53.8. The molecule has 0 fully saturated rings. The molecular weight excluding hydrogens is 1040 g/mol. The number of hydrogen-bond donors (Lipinski definition) is 0.